The average Bonchev–Trinajstić information content (AvgIpc) is 2.16. The van der Waals surface area contributed by atoms with Gasteiger partial charge in [-0.05, 0) is 25.8 Å². The predicted molar refractivity (Wildman–Crippen MR) is 66.6 cm³/mol. The highest BCUT2D eigenvalue weighted by atomic mass is 16.3. The van der Waals surface area contributed by atoms with Crippen LogP contribution in [0.3, 0.4) is 0 Å². The lowest BCUT2D eigenvalue weighted by Crippen LogP contribution is -2.19. The Morgan fingerprint density at radius 3 is 2.00 bits per heavy atom. The summed E-state index contributed by atoms with van der Waals surface area (Å²) in [5.41, 5.74) is 2.44. The van der Waals surface area contributed by atoms with Gasteiger partial charge in [0, 0.05) is 13.3 Å². The van der Waals surface area contributed by atoms with Crippen molar-refractivity contribution in [2.45, 2.75) is 60.3 Å². The Balaban J connectivity index is 4.34. The maximum absolute atomic E-state index is 9.60. The van der Waals surface area contributed by atoms with Crippen molar-refractivity contribution in [3.63, 3.8) is 0 Å². The Bertz CT molecular complexity index is 243. The van der Waals surface area contributed by atoms with Gasteiger partial charge in [-0.15, -0.1) is 0 Å². The Morgan fingerprint density at radius 1 is 1.00 bits per heavy atom. The van der Waals surface area contributed by atoms with Crippen LogP contribution in [0.15, 0.2) is 11.3 Å². The SMILES string of the molecule is CCCCCC[N+](C(C)=C(C)C)=C(C)O. The van der Waals surface area contributed by atoms with Gasteiger partial charge in [-0.2, -0.15) is 4.58 Å². The van der Waals surface area contributed by atoms with Crippen LogP contribution in [-0.2, 0) is 0 Å². The molecule has 0 saturated carbocycles. The van der Waals surface area contributed by atoms with Gasteiger partial charge in [0.05, 0.1) is 6.92 Å². The molecule has 1 N–H and O–H groups in total. The summed E-state index contributed by atoms with van der Waals surface area (Å²) >= 11 is 0. The first-order valence-electron chi connectivity index (χ1n) is 5.94. The number of hydrogen-bond donors (Lipinski definition) is 1. The van der Waals surface area contributed by atoms with E-state index in [9.17, 15) is 5.11 Å². The van der Waals surface area contributed by atoms with E-state index in [2.05, 4.69) is 27.7 Å². The lowest BCUT2D eigenvalue weighted by atomic mass is 10.2. The van der Waals surface area contributed by atoms with Crippen molar-refractivity contribution in [1.82, 2.24) is 0 Å². The Labute approximate surface area is 94.3 Å². The number of hydrogen-bond acceptors (Lipinski definition) is 0. The molecular formula is C13H26NO+. The summed E-state index contributed by atoms with van der Waals surface area (Å²) in [4.78, 5) is 0. The van der Waals surface area contributed by atoms with Crippen LogP contribution in [0.25, 0.3) is 0 Å². The molecule has 0 aromatic rings. The first-order chi connectivity index (χ1) is 7.00. The van der Waals surface area contributed by atoms with E-state index in [1.165, 1.54) is 30.5 Å². The predicted octanol–water partition coefficient (Wildman–Crippen LogP) is 3.87. The zero-order valence-corrected chi connectivity index (χ0v) is 10.9. The maximum Gasteiger partial charge on any atom is 0.336 e. The van der Waals surface area contributed by atoms with E-state index in [4.69, 9.17) is 0 Å². The minimum Gasteiger partial charge on any atom is -0.463 e. The van der Waals surface area contributed by atoms with E-state index in [0.717, 1.165) is 13.0 Å². The summed E-state index contributed by atoms with van der Waals surface area (Å²) in [6.45, 7) is 11.1. The molecule has 0 fully saturated rings. The summed E-state index contributed by atoms with van der Waals surface area (Å²) in [7, 11) is 0. The van der Waals surface area contributed by atoms with Gasteiger partial charge in [0.2, 0.25) is 0 Å². The van der Waals surface area contributed by atoms with Crippen molar-refractivity contribution >= 4 is 5.90 Å². The summed E-state index contributed by atoms with van der Waals surface area (Å²) in [5, 5.41) is 9.60. The summed E-state index contributed by atoms with van der Waals surface area (Å²) < 4.78 is 2.00. The number of aliphatic hydroxyl groups excluding tert-OH is 1. The van der Waals surface area contributed by atoms with Gasteiger partial charge in [0.15, 0.2) is 12.2 Å². The van der Waals surface area contributed by atoms with Crippen LogP contribution in [0, 0.1) is 0 Å². The highest BCUT2D eigenvalue weighted by molar-refractivity contribution is 5.65. The molecule has 0 aliphatic heterocycles. The fraction of sp³-hybridized carbons (Fsp3) is 0.769. The number of aliphatic hydroxyl groups is 1. The molecule has 0 radical (unpaired) electrons. The second-order valence-electron chi connectivity index (χ2n) is 4.34. The van der Waals surface area contributed by atoms with Crippen molar-refractivity contribution in [2.75, 3.05) is 6.54 Å². The molecule has 0 aliphatic rings. The van der Waals surface area contributed by atoms with Gasteiger partial charge in [-0.3, -0.25) is 0 Å². The van der Waals surface area contributed by atoms with Gasteiger partial charge < -0.3 is 5.11 Å². The molecule has 0 aliphatic carbocycles. The normalized spacial score (nSPS) is 12.3. The van der Waals surface area contributed by atoms with E-state index in [-0.39, 0.29) is 0 Å². The van der Waals surface area contributed by atoms with Crippen LogP contribution in [0.4, 0.5) is 0 Å². The third kappa shape index (κ3) is 5.60. The van der Waals surface area contributed by atoms with Crippen molar-refractivity contribution in [3.05, 3.63) is 11.3 Å². The molecule has 0 saturated heterocycles. The Hall–Kier alpha value is -0.790. The topological polar surface area (TPSA) is 23.2 Å². The molecule has 0 unspecified atom stereocenters. The van der Waals surface area contributed by atoms with Crippen LogP contribution in [0.1, 0.15) is 60.3 Å². The molecule has 15 heavy (non-hydrogen) atoms. The zero-order chi connectivity index (χ0) is 11.8. The molecule has 88 valence electrons. The highest BCUT2D eigenvalue weighted by Gasteiger charge is 2.13. The van der Waals surface area contributed by atoms with Gasteiger partial charge >= 0.3 is 5.90 Å². The number of unbranched alkanes of at least 4 members (excludes halogenated alkanes) is 3. The van der Waals surface area contributed by atoms with Gasteiger partial charge in [0.25, 0.3) is 0 Å². The fourth-order valence-electron chi connectivity index (χ4n) is 1.54. The van der Waals surface area contributed by atoms with Crippen molar-refractivity contribution in [1.29, 1.82) is 0 Å². The lowest BCUT2D eigenvalue weighted by Gasteiger charge is -2.05. The minimum atomic E-state index is 0.408. The van der Waals surface area contributed by atoms with Crippen molar-refractivity contribution < 1.29 is 9.68 Å². The number of nitrogens with zero attached hydrogens (tertiary/aromatic N) is 1. The Morgan fingerprint density at radius 2 is 1.60 bits per heavy atom. The first-order valence-corrected chi connectivity index (χ1v) is 5.94. The van der Waals surface area contributed by atoms with Crippen LogP contribution in [0.2, 0.25) is 0 Å². The molecule has 2 heteroatoms. The molecule has 0 spiro atoms. The second kappa shape index (κ2) is 7.49. The second-order valence-corrected chi connectivity index (χ2v) is 4.34. The molecule has 0 aromatic carbocycles. The van der Waals surface area contributed by atoms with E-state index in [1.807, 2.05) is 4.58 Å². The van der Waals surface area contributed by atoms with Crippen LogP contribution < -0.4 is 0 Å². The molecule has 0 heterocycles. The van der Waals surface area contributed by atoms with Crippen molar-refractivity contribution in [2.24, 2.45) is 0 Å². The molecular weight excluding hydrogens is 186 g/mol. The van der Waals surface area contributed by atoms with Gasteiger partial charge in [0.1, 0.15) is 0 Å². The third-order valence-corrected chi connectivity index (χ3v) is 2.75. The van der Waals surface area contributed by atoms with E-state index >= 15 is 0 Å². The smallest absolute Gasteiger partial charge is 0.336 e. The molecule has 2 nitrogen and oxygen atoms in total. The van der Waals surface area contributed by atoms with E-state index < -0.39 is 0 Å². The van der Waals surface area contributed by atoms with Gasteiger partial charge in [-0.25, -0.2) is 0 Å². The summed E-state index contributed by atoms with van der Waals surface area (Å²) in [6, 6.07) is 0. The molecule has 0 amide bonds. The molecule has 0 bridgehead atoms. The zero-order valence-electron chi connectivity index (χ0n) is 10.9. The highest BCUT2D eigenvalue weighted by Crippen LogP contribution is 2.07. The Kier molecular flexibility index (Phi) is 7.10. The van der Waals surface area contributed by atoms with Crippen LogP contribution >= 0.6 is 0 Å². The average molecular weight is 212 g/mol. The summed E-state index contributed by atoms with van der Waals surface area (Å²) in [6.07, 6.45) is 4.93. The fourth-order valence-corrected chi connectivity index (χ4v) is 1.54. The monoisotopic (exact) mass is 212 g/mol. The third-order valence-electron chi connectivity index (χ3n) is 2.75. The standard InChI is InChI=1S/C13H25NO/c1-6-7-8-9-10-14(13(5)15)12(4)11(2)3/h6-10H2,1-5H3/p+1. The number of rotatable bonds is 6. The van der Waals surface area contributed by atoms with Crippen molar-refractivity contribution in [3.8, 4) is 0 Å². The molecule has 0 aromatic heterocycles. The van der Waals surface area contributed by atoms with Crippen LogP contribution in [-0.4, -0.2) is 22.1 Å². The molecule has 0 atom stereocenters. The number of allylic oxidation sites excluding steroid dienone is 2. The maximum atomic E-state index is 9.60. The van der Waals surface area contributed by atoms with E-state index in [0.29, 0.717) is 5.90 Å². The molecule has 0 rings (SSSR count). The largest absolute Gasteiger partial charge is 0.463 e. The lowest BCUT2D eigenvalue weighted by molar-refractivity contribution is -0.487. The minimum absolute atomic E-state index is 0.408. The van der Waals surface area contributed by atoms with Gasteiger partial charge in [-0.1, -0.05) is 19.8 Å². The summed E-state index contributed by atoms with van der Waals surface area (Å²) in [5.74, 6) is 0.408. The van der Waals surface area contributed by atoms with Crippen LogP contribution in [0.5, 0.6) is 0 Å². The quantitative estimate of drug-likeness (QED) is 0.307. The first kappa shape index (κ1) is 14.2. The van der Waals surface area contributed by atoms with E-state index in [1.54, 1.807) is 6.92 Å².